The molecule has 0 spiro atoms. The average Bonchev–Trinajstić information content (AvgIpc) is 2.45. The van der Waals surface area contributed by atoms with Gasteiger partial charge in [0, 0.05) is 5.33 Å². The van der Waals surface area contributed by atoms with E-state index < -0.39 is 11.4 Å². The summed E-state index contributed by atoms with van der Waals surface area (Å²) >= 11 is 3.37. The van der Waals surface area contributed by atoms with Gasteiger partial charge in [0.2, 0.25) is 0 Å². The van der Waals surface area contributed by atoms with E-state index in [1.165, 1.54) is 0 Å². The van der Waals surface area contributed by atoms with Crippen molar-refractivity contribution < 1.29 is 9.53 Å². The predicted octanol–water partition coefficient (Wildman–Crippen LogP) is 3.88. The number of hydrogen-bond donors (Lipinski definition) is 0. The Bertz CT molecular complexity index is 478. The van der Waals surface area contributed by atoms with Crippen molar-refractivity contribution in [2.75, 3.05) is 11.9 Å². The van der Waals surface area contributed by atoms with Crippen LogP contribution >= 0.6 is 15.9 Å². The number of hydrogen-bond acceptors (Lipinski definition) is 3. The van der Waals surface area contributed by atoms with E-state index in [0.29, 0.717) is 6.42 Å². The number of ether oxygens (including phenoxy) is 1. The molecule has 0 radical (unpaired) electrons. The number of halogens is 1. The van der Waals surface area contributed by atoms with Crippen molar-refractivity contribution in [1.82, 2.24) is 0 Å². The molecule has 0 fully saturated rings. The van der Waals surface area contributed by atoms with Crippen molar-refractivity contribution in [1.29, 1.82) is 5.26 Å². The molecule has 0 N–H and O–H groups in total. The number of rotatable bonds is 7. The third-order valence-corrected chi connectivity index (χ3v) is 3.86. The molecule has 1 atom stereocenters. The van der Waals surface area contributed by atoms with Gasteiger partial charge in [-0.3, -0.25) is 0 Å². The summed E-state index contributed by atoms with van der Waals surface area (Å²) in [5.74, 6) is -0.444. The monoisotopic (exact) mass is 337 g/mol. The van der Waals surface area contributed by atoms with Gasteiger partial charge in [-0.25, -0.2) is 4.79 Å². The molecule has 4 heteroatoms. The van der Waals surface area contributed by atoms with Gasteiger partial charge < -0.3 is 4.74 Å². The smallest absolute Gasteiger partial charge is 0.331 e. The Morgan fingerprint density at radius 3 is 2.50 bits per heavy atom. The van der Waals surface area contributed by atoms with Crippen molar-refractivity contribution in [3.63, 3.8) is 0 Å². The van der Waals surface area contributed by atoms with Gasteiger partial charge in [0.15, 0.2) is 5.41 Å². The van der Waals surface area contributed by atoms with E-state index in [-0.39, 0.29) is 6.61 Å². The molecule has 0 aliphatic carbocycles. The summed E-state index contributed by atoms with van der Waals surface area (Å²) in [6.45, 7) is 4.02. The topological polar surface area (TPSA) is 50.1 Å². The molecule has 0 aliphatic heterocycles. The average molecular weight is 338 g/mol. The quantitative estimate of drug-likeness (QED) is 0.431. The second-order valence-electron chi connectivity index (χ2n) is 4.75. The number of aryl methyl sites for hydroxylation is 1. The first-order chi connectivity index (χ1) is 9.60. The standard InChI is InChI=1S/C16H20BrNO2/c1-3-20-15(19)16(12-18,10-4-5-11-17)14-8-6-13(2)7-9-14/h6-9H,3-5,10-11H2,1-2H3. The molecular weight excluding hydrogens is 318 g/mol. The van der Waals surface area contributed by atoms with Crippen LogP contribution in [-0.4, -0.2) is 17.9 Å². The summed E-state index contributed by atoms with van der Waals surface area (Å²) in [7, 11) is 0. The number of unbranched alkanes of at least 4 members (excludes halogenated alkanes) is 1. The molecule has 108 valence electrons. The first-order valence-electron chi connectivity index (χ1n) is 6.82. The van der Waals surface area contributed by atoms with Gasteiger partial charge in [0.1, 0.15) is 0 Å². The Morgan fingerprint density at radius 1 is 1.35 bits per heavy atom. The lowest BCUT2D eigenvalue weighted by atomic mass is 9.77. The zero-order chi connectivity index (χ0) is 15.0. The first kappa shape index (κ1) is 16.7. The molecule has 0 saturated carbocycles. The van der Waals surface area contributed by atoms with E-state index >= 15 is 0 Å². The third-order valence-electron chi connectivity index (χ3n) is 3.29. The van der Waals surface area contributed by atoms with Crippen LogP contribution in [0.2, 0.25) is 0 Å². The molecular formula is C16H20BrNO2. The number of nitrogens with zero attached hydrogens (tertiary/aromatic N) is 1. The Kier molecular flexibility index (Phi) is 6.74. The zero-order valence-electron chi connectivity index (χ0n) is 12.0. The van der Waals surface area contributed by atoms with Gasteiger partial charge >= 0.3 is 5.97 Å². The number of esters is 1. The summed E-state index contributed by atoms with van der Waals surface area (Å²) < 4.78 is 5.14. The number of carbonyl (C=O) groups is 1. The fourth-order valence-corrected chi connectivity index (χ4v) is 2.50. The highest BCUT2D eigenvalue weighted by Crippen LogP contribution is 2.31. The first-order valence-corrected chi connectivity index (χ1v) is 7.94. The summed E-state index contributed by atoms with van der Waals surface area (Å²) in [4.78, 5) is 12.3. The highest BCUT2D eigenvalue weighted by Gasteiger charge is 2.41. The minimum absolute atomic E-state index is 0.284. The van der Waals surface area contributed by atoms with Crippen LogP contribution in [0, 0.1) is 18.3 Å². The summed E-state index contributed by atoms with van der Waals surface area (Å²) in [6, 6.07) is 9.75. The molecule has 0 bridgehead atoms. The Labute approximate surface area is 129 Å². The van der Waals surface area contributed by atoms with E-state index in [4.69, 9.17) is 4.74 Å². The van der Waals surface area contributed by atoms with Crippen LogP contribution in [0.25, 0.3) is 0 Å². The lowest BCUT2D eigenvalue weighted by Crippen LogP contribution is -2.36. The minimum Gasteiger partial charge on any atom is -0.465 e. The Balaban J connectivity index is 3.13. The Morgan fingerprint density at radius 2 is 2.00 bits per heavy atom. The van der Waals surface area contributed by atoms with E-state index in [2.05, 4.69) is 22.0 Å². The van der Waals surface area contributed by atoms with Crippen molar-refractivity contribution in [3.8, 4) is 6.07 Å². The van der Waals surface area contributed by atoms with Crippen LogP contribution in [-0.2, 0) is 14.9 Å². The Hall–Kier alpha value is -1.34. The van der Waals surface area contributed by atoms with Gasteiger partial charge in [-0.15, -0.1) is 0 Å². The number of nitriles is 1. The maximum Gasteiger partial charge on any atom is 0.331 e. The van der Waals surface area contributed by atoms with E-state index in [1.54, 1.807) is 6.92 Å². The molecule has 1 rings (SSSR count). The maximum absolute atomic E-state index is 12.3. The zero-order valence-corrected chi connectivity index (χ0v) is 13.6. The summed E-state index contributed by atoms with van der Waals surface area (Å²) in [5, 5.41) is 10.5. The normalized spacial score (nSPS) is 13.3. The molecule has 0 heterocycles. The summed E-state index contributed by atoms with van der Waals surface area (Å²) in [6.07, 6.45) is 2.21. The number of benzene rings is 1. The van der Waals surface area contributed by atoms with Gasteiger partial charge in [0.05, 0.1) is 12.7 Å². The summed E-state index contributed by atoms with van der Waals surface area (Å²) in [5.41, 5.74) is 0.634. The number of carbonyl (C=O) groups excluding carboxylic acids is 1. The lowest BCUT2D eigenvalue weighted by Gasteiger charge is -2.25. The van der Waals surface area contributed by atoms with Crippen LogP contribution in [0.1, 0.15) is 37.3 Å². The molecule has 20 heavy (non-hydrogen) atoms. The highest BCUT2D eigenvalue weighted by atomic mass is 79.9. The van der Waals surface area contributed by atoms with Crippen molar-refractivity contribution in [3.05, 3.63) is 35.4 Å². The largest absolute Gasteiger partial charge is 0.465 e. The van der Waals surface area contributed by atoms with Crippen LogP contribution < -0.4 is 0 Å². The fraction of sp³-hybridized carbons (Fsp3) is 0.500. The molecule has 0 aromatic heterocycles. The van der Waals surface area contributed by atoms with Crippen LogP contribution in [0.4, 0.5) is 0 Å². The molecule has 0 saturated heterocycles. The van der Waals surface area contributed by atoms with Crippen molar-refractivity contribution in [2.24, 2.45) is 0 Å². The second kappa shape index (κ2) is 8.06. The second-order valence-corrected chi connectivity index (χ2v) is 5.54. The highest BCUT2D eigenvalue weighted by molar-refractivity contribution is 9.09. The van der Waals surface area contributed by atoms with E-state index in [0.717, 1.165) is 29.3 Å². The molecule has 1 aromatic carbocycles. The molecule has 1 aromatic rings. The minimum atomic E-state index is -1.19. The maximum atomic E-state index is 12.3. The third kappa shape index (κ3) is 3.83. The number of alkyl halides is 1. The fourth-order valence-electron chi connectivity index (χ4n) is 2.11. The van der Waals surface area contributed by atoms with Crippen LogP contribution in [0.5, 0.6) is 0 Å². The van der Waals surface area contributed by atoms with Gasteiger partial charge in [-0.2, -0.15) is 5.26 Å². The molecule has 3 nitrogen and oxygen atoms in total. The molecule has 1 unspecified atom stereocenters. The van der Waals surface area contributed by atoms with E-state index in [1.807, 2.05) is 31.2 Å². The van der Waals surface area contributed by atoms with Crippen molar-refractivity contribution >= 4 is 21.9 Å². The van der Waals surface area contributed by atoms with Gasteiger partial charge in [-0.05, 0) is 32.3 Å². The van der Waals surface area contributed by atoms with Gasteiger partial charge in [0.25, 0.3) is 0 Å². The predicted molar refractivity (Wildman–Crippen MR) is 82.7 cm³/mol. The van der Waals surface area contributed by atoms with Gasteiger partial charge in [-0.1, -0.05) is 52.2 Å². The lowest BCUT2D eigenvalue weighted by molar-refractivity contribution is -0.148. The SMILES string of the molecule is CCOC(=O)C(C#N)(CCCCBr)c1ccc(C)cc1. The van der Waals surface area contributed by atoms with Crippen LogP contribution in [0.15, 0.2) is 24.3 Å². The van der Waals surface area contributed by atoms with Crippen molar-refractivity contribution in [2.45, 2.75) is 38.5 Å². The molecule has 0 amide bonds. The molecule has 0 aliphatic rings. The van der Waals surface area contributed by atoms with Crippen LogP contribution in [0.3, 0.4) is 0 Å². The van der Waals surface area contributed by atoms with E-state index in [9.17, 15) is 10.1 Å².